The molecule has 0 fully saturated rings. The predicted molar refractivity (Wildman–Crippen MR) is 211 cm³/mol. The second-order valence-electron chi connectivity index (χ2n) is 12.9. The first-order valence-electron chi connectivity index (χ1n) is 17.2. The molecule has 4 heteroatoms. The third kappa shape index (κ3) is 5.04. The molecule has 0 aliphatic rings. The summed E-state index contributed by atoms with van der Waals surface area (Å²) >= 11 is 0. The largest absolute Gasteiger partial charge is 0.436 e. The lowest BCUT2D eigenvalue weighted by molar-refractivity contribution is 0.620. The van der Waals surface area contributed by atoms with Gasteiger partial charge in [-0.2, -0.15) is 0 Å². The number of para-hydroxylation sites is 4. The molecule has 10 rings (SSSR count). The van der Waals surface area contributed by atoms with Crippen LogP contribution in [0.2, 0.25) is 0 Å². The van der Waals surface area contributed by atoms with Crippen LogP contribution in [-0.4, -0.2) is 9.55 Å². The molecule has 0 unspecified atom stereocenters. The lowest BCUT2D eigenvalue weighted by atomic mass is 10.0. The van der Waals surface area contributed by atoms with E-state index in [1.807, 2.05) is 24.3 Å². The Morgan fingerprint density at radius 3 is 1.92 bits per heavy atom. The van der Waals surface area contributed by atoms with Crippen molar-refractivity contribution in [3.05, 3.63) is 188 Å². The first-order chi connectivity index (χ1) is 25.3. The van der Waals surface area contributed by atoms with E-state index in [2.05, 4.69) is 173 Å². The van der Waals surface area contributed by atoms with Gasteiger partial charge in [-0.15, -0.1) is 0 Å². The second-order valence-corrected chi connectivity index (χ2v) is 12.9. The molecule has 0 radical (unpaired) electrons. The van der Waals surface area contributed by atoms with Gasteiger partial charge in [0.1, 0.15) is 5.52 Å². The fourth-order valence-electron chi connectivity index (χ4n) is 7.32. The molecule has 0 saturated heterocycles. The van der Waals surface area contributed by atoms with Gasteiger partial charge in [-0.25, -0.2) is 4.98 Å². The maximum absolute atomic E-state index is 6.07. The normalized spacial score (nSPS) is 11.5. The van der Waals surface area contributed by atoms with Crippen LogP contribution >= 0.6 is 0 Å². The van der Waals surface area contributed by atoms with E-state index in [0.29, 0.717) is 5.89 Å². The van der Waals surface area contributed by atoms with E-state index in [0.717, 1.165) is 44.9 Å². The highest BCUT2D eigenvalue weighted by molar-refractivity contribution is 6.10. The molecule has 2 heterocycles. The van der Waals surface area contributed by atoms with Crippen molar-refractivity contribution in [2.45, 2.75) is 0 Å². The molecular formula is C47H31N3O. The summed E-state index contributed by atoms with van der Waals surface area (Å²) in [6, 6.07) is 66.5. The van der Waals surface area contributed by atoms with Gasteiger partial charge in [0.15, 0.2) is 5.58 Å². The molecule has 4 nitrogen and oxygen atoms in total. The molecule has 10 aromatic rings. The predicted octanol–water partition coefficient (Wildman–Crippen LogP) is 12.9. The van der Waals surface area contributed by atoms with Crippen LogP contribution in [0.3, 0.4) is 0 Å². The summed E-state index contributed by atoms with van der Waals surface area (Å²) in [4.78, 5) is 7.02. The smallest absolute Gasteiger partial charge is 0.227 e. The zero-order valence-corrected chi connectivity index (χ0v) is 27.6. The number of rotatable bonds is 6. The average Bonchev–Trinajstić information content (AvgIpc) is 3.78. The fraction of sp³-hybridized carbons (Fsp3) is 0. The number of benzene rings is 8. The van der Waals surface area contributed by atoms with Gasteiger partial charge in [-0.1, -0.05) is 97.1 Å². The van der Waals surface area contributed by atoms with E-state index in [1.54, 1.807) is 0 Å². The van der Waals surface area contributed by atoms with E-state index in [4.69, 9.17) is 9.40 Å². The Morgan fingerprint density at radius 2 is 1.08 bits per heavy atom. The SMILES string of the molecule is c1ccc(N(c2ccc(-c3nc4ccccc4o3)cc2)c2ccc3c(c2)c2ccccc2n3-c2ccc(-c3ccc4ccccc4c3)cc2)cc1. The van der Waals surface area contributed by atoms with Crippen LogP contribution in [0.5, 0.6) is 0 Å². The highest BCUT2D eigenvalue weighted by atomic mass is 16.3. The first-order valence-corrected chi connectivity index (χ1v) is 17.2. The molecule has 0 N–H and O–H groups in total. The van der Waals surface area contributed by atoms with Gasteiger partial charge >= 0.3 is 0 Å². The van der Waals surface area contributed by atoms with Crippen molar-refractivity contribution in [3.8, 4) is 28.3 Å². The third-order valence-electron chi connectivity index (χ3n) is 9.80. The van der Waals surface area contributed by atoms with Crippen LogP contribution in [0.4, 0.5) is 17.1 Å². The van der Waals surface area contributed by atoms with Crippen molar-refractivity contribution in [1.82, 2.24) is 9.55 Å². The molecule has 0 aliphatic carbocycles. The number of hydrogen-bond donors (Lipinski definition) is 0. The number of hydrogen-bond acceptors (Lipinski definition) is 3. The lowest BCUT2D eigenvalue weighted by Crippen LogP contribution is -2.09. The monoisotopic (exact) mass is 653 g/mol. The van der Waals surface area contributed by atoms with Crippen molar-refractivity contribution >= 4 is 60.7 Å². The van der Waals surface area contributed by atoms with Gasteiger partial charge in [0.25, 0.3) is 0 Å². The number of fused-ring (bicyclic) bond motifs is 5. The average molecular weight is 654 g/mol. The first kappa shape index (κ1) is 29.0. The highest BCUT2D eigenvalue weighted by Gasteiger charge is 2.18. The number of oxazole rings is 1. The third-order valence-corrected chi connectivity index (χ3v) is 9.80. The zero-order chi connectivity index (χ0) is 33.7. The van der Waals surface area contributed by atoms with E-state index >= 15 is 0 Å². The molecule has 0 atom stereocenters. The van der Waals surface area contributed by atoms with Crippen LogP contribution < -0.4 is 4.90 Å². The molecule has 240 valence electrons. The summed E-state index contributed by atoms with van der Waals surface area (Å²) in [6.45, 7) is 0. The Balaban J connectivity index is 1.06. The van der Waals surface area contributed by atoms with Crippen LogP contribution in [0.1, 0.15) is 0 Å². The lowest BCUT2D eigenvalue weighted by Gasteiger charge is -2.25. The molecule has 0 aliphatic heterocycles. The van der Waals surface area contributed by atoms with Crippen molar-refractivity contribution < 1.29 is 4.42 Å². The maximum Gasteiger partial charge on any atom is 0.227 e. The summed E-state index contributed by atoms with van der Waals surface area (Å²) < 4.78 is 8.44. The van der Waals surface area contributed by atoms with E-state index in [1.165, 1.54) is 38.2 Å². The molecule has 0 saturated carbocycles. The minimum Gasteiger partial charge on any atom is -0.436 e. The topological polar surface area (TPSA) is 34.2 Å². The molecule has 51 heavy (non-hydrogen) atoms. The van der Waals surface area contributed by atoms with Gasteiger partial charge in [0, 0.05) is 39.1 Å². The van der Waals surface area contributed by atoms with Crippen molar-refractivity contribution in [2.24, 2.45) is 0 Å². The summed E-state index contributed by atoms with van der Waals surface area (Å²) in [5.74, 6) is 0.619. The van der Waals surface area contributed by atoms with Gasteiger partial charge < -0.3 is 13.9 Å². The second kappa shape index (κ2) is 11.9. The van der Waals surface area contributed by atoms with Crippen LogP contribution in [-0.2, 0) is 0 Å². The summed E-state index contributed by atoms with van der Waals surface area (Å²) in [6.07, 6.45) is 0. The maximum atomic E-state index is 6.07. The summed E-state index contributed by atoms with van der Waals surface area (Å²) in [5, 5.41) is 4.92. The summed E-state index contributed by atoms with van der Waals surface area (Å²) in [5.41, 5.74) is 11.7. The summed E-state index contributed by atoms with van der Waals surface area (Å²) in [7, 11) is 0. The van der Waals surface area contributed by atoms with E-state index < -0.39 is 0 Å². The van der Waals surface area contributed by atoms with Crippen molar-refractivity contribution in [2.75, 3.05) is 4.90 Å². The Labute approximate surface area is 295 Å². The molecule has 8 aromatic carbocycles. The van der Waals surface area contributed by atoms with Crippen LogP contribution in [0.15, 0.2) is 192 Å². The van der Waals surface area contributed by atoms with Gasteiger partial charge in [0.2, 0.25) is 5.89 Å². The minimum absolute atomic E-state index is 0.619. The van der Waals surface area contributed by atoms with Gasteiger partial charge in [0.05, 0.1) is 11.0 Å². The van der Waals surface area contributed by atoms with E-state index in [-0.39, 0.29) is 0 Å². The zero-order valence-electron chi connectivity index (χ0n) is 27.6. The Kier molecular flexibility index (Phi) is 6.78. The number of nitrogens with zero attached hydrogens (tertiary/aromatic N) is 3. The Bertz CT molecular complexity index is 2820. The van der Waals surface area contributed by atoms with Gasteiger partial charge in [-0.05, 0) is 113 Å². The van der Waals surface area contributed by atoms with Crippen LogP contribution in [0, 0.1) is 0 Å². The Morgan fingerprint density at radius 1 is 0.431 bits per heavy atom. The Hall–Kier alpha value is -6.91. The number of aromatic nitrogens is 2. The molecule has 0 spiro atoms. The molecular weight excluding hydrogens is 623 g/mol. The fourth-order valence-corrected chi connectivity index (χ4v) is 7.32. The van der Waals surface area contributed by atoms with Crippen molar-refractivity contribution in [3.63, 3.8) is 0 Å². The minimum atomic E-state index is 0.619. The molecule has 0 amide bonds. The standard InChI is InChI=1S/C47H31N3O/c1-2-12-37(13-3-1)49(38-26-22-34(23-27-38)47-48-43-15-7-9-17-46(43)51-47)40-28-29-45-42(31-40)41-14-6-8-16-44(41)50(45)39-24-20-33(21-25-39)36-19-18-32-10-4-5-11-35(32)30-36/h1-31H. The van der Waals surface area contributed by atoms with Gasteiger partial charge in [-0.3, -0.25) is 0 Å². The van der Waals surface area contributed by atoms with Crippen molar-refractivity contribution in [1.29, 1.82) is 0 Å². The number of anilines is 3. The molecule has 0 bridgehead atoms. The van der Waals surface area contributed by atoms with Crippen LogP contribution in [0.25, 0.3) is 71.9 Å². The molecule has 2 aromatic heterocycles. The quantitative estimate of drug-likeness (QED) is 0.179. The van der Waals surface area contributed by atoms with E-state index in [9.17, 15) is 0 Å². The highest BCUT2D eigenvalue weighted by Crippen LogP contribution is 2.40.